The van der Waals surface area contributed by atoms with Crippen LogP contribution in [0.4, 0.5) is 10.1 Å². The Morgan fingerprint density at radius 1 is 1.07 bits per heavy atom. The number of benzene rings is 2. The number of rotatable bonds is 8. The lowest BCUT2D eigenvalue weighted by Crippen LogP contribution is -2.31. The van der Waals surface area contributed by atoms with Crippen molar-refractivity contribution in [2.45, 2.75) is 13.0 Å². The van der Waals surface area contributed by atoms with Crippen molar-refractivity contribution in [1.82, 2.24) is 0 Å². The molecular weight excluding hydrogens is 393 g/mol. The number of carbonyl (C=O) groups excluding carboxylic acids is 2. The summed E-state index contributed by atoms with van der Waals surface area (Å²) in [4.78, 5) is 24.1. The fraction of sp³-hybridized carbons (Fsp3) is 0.263. The molecule has 0 heterocycles. The summed E-state index contributed by atoms with van der Waals surface area (Å²) in [7, 11) is 2.97. The Labute approximate surface area is 166 Å². The van der Waals surface area contributed by atoms with Crippen LogP contribution in [-0.2, 0) is 14.3 Å². The summed E-state index contributed by atoms with van der Waals surface area (Å²) in [5.41, 5.74) is 0.444. The lowest BCUT2D eigenvalue weighted by molar-refractivity contribution is -0.155. The number of hydrogen-bond acceptors (Lipinski definition) is 6. The van der Waals surface area contributed by atoms with E-state index in [4.69, 9.17) is 30.5 Å². The molecule has 0 saturated carbocycles. The third-order valence-electron chi connectivity index (χ3n) is 3.57. The highest BCUT2D eigenvalue weighted by Crippen LogP contribution is 2.29. The summed E-state index contributed by atoms with van der Waals surface area (Å²) >= 11 is 5.81. The Kier molecular flexibility index (Phi) is 7.45. The SMILES string of the molecule is COc1ccc(NC(=O)[C@@H](C)OC(=O)COc2ccc(F)cc2Cl)cc1OC. The van der Waals surface area contributed by atoms with Gasteiger partial charge in [0.1, 0.15) is 11.6 Å². The number of carbonyl (C=O) groups is 2. The van der Waals surface area contributed by atoms with Gasteiger partial charge in [-0.1, -0.05) is 11.6 Å². The standard InChI is InChI=1S/C19H19ClFNO6/c1-11(19(24)22-13-5-7-16(25-2)17(9-13)26-3)28-18(23)10-27-15-6-4-12(21)8-14(15)20/h4-9,11H,10H2,1-3H3,(H,22,24)/t11-/m1/s1. The maximum atomic E-state index is 13.0. The third kappa shape index (κ3) is 5.75. The Hall–Kier alpha value is -3.00. The molecule has 0 radical (unpaired) electrons. The number of amides is 1. The highest BCUT2D eigenvalue weighted by atomic mass is 35.5. The highest BCUT2D eigenvalue weighted by Gasteiger charge is 2.19. The first-order valence-electron chi connectivity index (χ1n) is 8.14. The summed E-state index contributed by atoms with van der Waals surface area (Å²) in [5.74, 6) is -0.773. The molecule has 2 aromatic carbocycles. The van der Waals surface area contributed by atoms with Gasteiger partial charge in [0.2, 0.25) is 0 Å². The van der Waals surface area contributed by atoms with Crippen molar-refractivity contribution in [1.29, 1.82) is 0 Å². The smallest absolute Gasteiger partial charge is 0.344 e. The van der Waals surface area contributed by atoms with E-state index in [-0.39, 0.29) is 10.8 Å². The third-order valence-corrected chi connectivity index (χ3v) is 3.86. The van der Waals surface area contributed by atoms with Crippen LogP contribution in [0.25, 0.3) is 0 Å². The zero-order valence-electron chi connectivity index (χ0n) is 15.5. The highest BCUT2D eigenvalue weighted by molar-refractivity contribution is 6.32. The second kappa shape index (κ2) is 9.80. The Bertz CT molecular complexity index is 860. The molecule has 28 heavy (non-hydrogen) atoms. The van der Waals surface area contributed by atoms with Gasteiger partial charge in [0, 0.05) is 11.8 Å². The van der Waals surface area contributed by atoms with Gasteiger partial charge in [0.05, 0.1) is 19.2 Å². The first kappa shape index (κ1) is 21.3. The summed E-state index contributed by atoms with van der Waals surface area (Å²) < 4.78 is 33.5. The topological polar surface area (TPSA) is 83.1 Å². The quantitative estimate of drug-likeness (QED) is 0.670. The average Bonchev–Trinajstić information content (AvgIpc) is 2.67. The largest absolute Gasteiger partial charge is 0.493 e. The van der Waals surface area contributed by atoms with Crippen molar-refractivity contribution in [3.05, 3.63) is 47.2 Å². The Morgan fingerprint density at radius 2 is 1.75 bits per heavy atom. The molecule has 0 aliphatic heterocycles. The zero-order chi connectivity index (χ0) is 20.7. The normalized spacial score (nSPS) is 11.3. The summed E-state index contributed by atoms with van der Waals surface area (Å²) in [6.45, 7) is 0.929. The van der Waals surface area contributed by atoms with Crippen LogP contribution in [-0.4, -0.2) is 38.8 Å². The van der Waals surface area contributed by atoms with Crippen LogP contribution >= 0.6 is 11.6 Å². The number of nitrogens with one attached hydrogen (secondary N) is 1. The fourth-order valence-corrected chi connectivity index (χ4v) is 2.39. The lowest BCUT2D eigenvalue weighted by atomic mass is 10.2. The van der Waals surface area contributed by atoms with E-state index in [0.717, 1.165) is 12.1 Å². The molecule has 9 heteroatoms. The van der Waals surface area contributed by atoms with Gasteiger partial charge in [-0.05, 0) is 37.3 Å². The summed E-state index contributed by atoms with van der Waals surface area (Å²) in [6.07, 6.45) is -1.08. The second-order valence-electron chi connectivity index (χ2n) is 5.55. The van der Waals surface area contributed by atoms with Crippen LogP contribution in [0.1, 0.15) is 6.92 Å². The number of ether oxygens (including phenoxy) is 4. The number of methoxy groups -OCH3 is 2. The Balaban J connectivity index is 1.88. The van der Waals surface area contributed by atoms with Crippen molar-refractivity contribution in [2.75, 3.05) is 26.1 Å². The molecule has 0 aliphatic carbocycles. The predicted molar refractivity (Wildman–Crippen MR) is 101 cm³/mol. The Morgan fingerprint density at radius 3 is 2.39 bits per heavy atom. The molecule has 2 aromatic rings. The predicted octanol–water partition coefficient (Wildman–Crippen LogP) is 3.45. The molecule has 0 unspecified atom stereocenters. The van der Waals surface area contributed by atoms with Crippen LogP contribution in [0, 0.1) is 5.82 Å². The van der Waals surface area contributed by atoms with E-state index in [1.54, 1.807) is 18.2 Å². The molecule has 0 bridgehead atoms. The van der Waals surface area contributed by atoms with E-state index in [1.165, 1.54) is 27.2 Å². The molecule has 0 aromatic heterocycles. The van der Waals surface area contributed by atoms with Gasteiger partial charge in [0.15, 0.2) is 24.2 Å². The number of esters is 1. The molecule has 150 valence electrons. The lowest BCUT2D eigenvalue weighted by Gasteiger charge is -2.15. The van der Waals surface area contributed by atoms with Crippen molar-refractivity contribution in [2.24, 2.45) is 0 Å². The van der Waals surface area contributed by atoms with Crippen molar-refractivity contribution in [3.8, 4) is 17.2 Å². The molecule has 7 nitrogen and oxygen atoms in total. The molecule has 1 amide bonds. The van der Waals surface area contributed by atoms with Gasteiger partial charge in [0.25, 0.3) is 5.91 Å². The van der Waals surface area contributed by atoms with Crippen molar-refractivity contribution in [3.63, 3.8) is 0 Å². The maximum Gasteiger partial charge on any atom is 0.344 e. The summed E-state index contributed by atoms with van der Waals surface area (Å²) in [6, 6.07) is 8.31. The first-order chi connectivity index (χ1) is 13.3. The van der Waals surface area contributed by atoms with Crippen LogP contribution in [0.3, 0.4) is 0 Å². The van der Waals surface area contributed by atoms with E-state index in [9.17, 15) is 14.0 Å². The minimum absolute atomic E-state index is 0.0204. The van der Waals surface area contributed by atoms with Crippen LogP contribution in [0.2, 0.25) is 5.02 Å². The van der Waals surface area contributed by atoms with Gasteiger partial charge in [-0.15, -0.1) is 0 Å². The van der Waals surface area contributed by atoms with Crippen LogP contribution < -0.4 is 19.5 Å². The molecule has 0 fully saturated rings. The van der Waals surface area contributed by atoms with Crippen molar-refractivity contribution < 1.29 is 32.9 Å². The number of anilines is 1. The molecule has 1 N–H and O–H groups in total. The molecule has 0 saturated heterocycles. The average molecular weight is 412 g/mol. The maximum absolute atomic E-state index is 13.0. The van der Waals surface area contributed by atoms with E-state index >= 15 is 0 Å². The molecule has 0 spiro atoms. The van der Waals surface area contributed by atoms with Gasteiger partial charge >= 0.3 is 5.97 Å². The second-order valence-corrected chi connectivity index (χ2v) is 5.96. The van der Waals surface area contributed by atoms with E-state index < -0.39 is 30.4 Å². The fourth-order valence-electron chi connectivity index (χ4n) is 2.17. The molecular formula is C19H19ClFNO6. The van der Waals surface area contributed by atoms with Gasteiger partial charge in [-0.3, -0.25) is 4.79 Å². The van der Waals surface area contributed by atoms with E-state index in [1.807, 2.05) is 0 Å². The molecule has 0 aliphatic rings. The monoisotopic (exact) mass is 411 g/mol. The van der Waals surface area contributed by atoms with E-state index in [2.05, 4.69) is 5.32 Å². The van der Waals surface area contributed by atoms with Gasteiger partial charge < -0.3 is 24.3 Å². The minimum Gasteiger partial charge on any atom is -0.493 e. The molecule has 1 atom stereocenters. The van der Waals surface area contributed by atoms with Gasteiger partial charge in [-0.25, -0.2) is 9.18 Å². The minimum atomic E-state index is -1.08. The van der Waals surface area contributed by atoms with Crippen molar-refractivity contribution >= 4 is 29.2 Å². The number of halogens is 2. The van der Waals surface area contributed by atoms with Crippen LogP contribution in [0.15, 0.2) is 36.4 Å². The zero-order valence-corrected chi connectivity index (χ0v) is 16.2. The van der Waals surface area contributed by atoms with Crippen LogP contribution in [0.5, 0.6) is 17.2 Å². The van der Waals surface area contributed by atoms with Gasteiger partial charge in [-0.2, -0.15) is 0 Å². The number of hydrogen-bond donors (Lipinski definition) is 1. The summed E-state index contributed by atoms with van der Waals surface area (Å²) in [5, 5.41) is 2.63. The van der Waals surface area contributed by atoms with E-state index in [0.29, 0.717) is 17.2 Å². The molecule has 2 rings (SSSR count). The first-order valence-corrected chi connectivity index (χ1v) is 8.52.